The van der Waals surface area contributed by atoms with Crippen LogP contribution in [0.3, 0.4) is 0 Å². The van der Waals surface area contributed by atoms with Gasteiger partial charge in [0.15, 0.2) is 0 Å². The number of nitroso groups, excluding NO2 is 2. The zero-order valence-electron chi connectivity index (χ0n) is 9.87. The van der Waals surface area contributed by atoms with Gasteiger partial charge in [-0.15, -0.1) is 0 Å². The van der Waals surface area contributed by atoms with Crippen molar-refractivity contribution < 1.29 is 0 Å². The van der Waals surface area contributed by atoms with Crippen LogP contribution in [-0.2, 0) is 0 Å². The van der Waals surface area contributed by atoms with Crippen LogP contribution in [0.1, 0.15) is 41.5 Å². The number of hydrogen-bond acceptors (Lipinski definition) is 4. The van der Waals surface area contributed by atoms with Crippen molar-refractivity contribution in [3.63, 3.8) is 0 Å². The predicted molar refractivity (Wildman–Crippen MR) is 58.1 cm³/mol. The zero-order chi connectivity index (χ0) is 11.6. The first-order chi connectivity index (χ1) is 6.14. The van der Waals surface area contributed by atoms with Gasteiger partial charge in [-0.1, -0.05) is 51.9 Å². The Bertz CT molecular complexity index is 189. The van der Waals surface area contributed by atoms with Crippen LogP contribution >= 0.6 is 0 Å². The van der Waals surface area contributed by atoms with Gasteiger partial charge >= 0.3 is 0 Å². The molecule has 0 aliphatic rings. The van der Waals surface area contributed by atoms with Gasteiger partial charge in [-0.3, -0.25) is 0 Å². The van der Waals surface area contributed by atoms with Crippen LogP contribution in [-0.4, -0.2) is 12.1 Å². The Hall–Kier alpha value is -0.800. The van der Waals surface area contributed by atoms with Crippen molar-refractivity contribution in [3.8, 4) is 0 Å². The molecule has 0 saturated carbocycles. The second-order valence-electron chi connectivity index (χ2n) is 5.83. The van der Waals surface area contributed by atoms with Crippen molar-refractivity contribution in [2.45, 2.75) is 53.6 Å². The Labute approximate surface area is 85.4 Å². The molecule has 4 nitrogen and oxygen atoms in total. The first-order valence-electron chi connectivity index (χ1n) is 4.79. The van der Waals surface area contributed by atoms with Crippen molar-refractivity contribution in [1.82, 2.24) is 0 Å². The van der Waals surface area contributed by atoms with Crippen molar-refractivity contribution in [1.29, 1.82) is 0 Å². The van der Waals surface area contributed by atoms with E-state index >= 15 is 0 Å². The molecule has 0 aromatic heterocycles. The highest BCUT2D eigenvalue weighted by Gasteiger charge is 2.41. The smallest absolute Gasteiger partial charge is 0.123 e. The van der Waals surface area contributed by atoms with E-state index in [0.717, 1.165) is 0 Å². The third-order valence-electron chi connectivity index (χ3n) is 2.30. The normalized spacial score (nSPS) is 17.3. The van der Waals surface area contributed by atoms with Gasteiger partial charge in [0.25, 0.3) is 0 Å². The first-order valence-corrected chi connectivity index (χ1v) is 4.79. The van der Waals surface area contributed by atoms with E-state index in [0.29, 0.717) is 0 Å². The maximum Gasteiger partial charge on any atom is 0.123 e. The Morgan fingerprint density at radius 1 is 0.714 bits per heavy atom. The van der Waals surface area contributed by atoms with E-state index in [1.807, 2.05) is 41.5 Å². The maximum absolute atomic E-state index is 10.7. The molecule has 4 heteroatoms. The average molecular weight is 200 g/mol. The number of rotatable bonds is 3. The van der Waals surface area contributed by atoms with Crippen LogP contribution in [0.25, 0.3) is 0 Å². The minimum absolute atomic E-state index is 0.326. The van der Waals surface area contributed by atoms with Crippen LogP contribution in [0.2, 0.25) is 0 Å². The Kier molecular flexibility index (Phi) is 3.91. The van der Waals surface area contributed by atoms with Gasteiger partial charge in [-0.25, -0.2) is 0 Å². The molecule has 0 rings (SSSR count). The average Bonchev–Trinajstić information content (AvgIpc) is 1.94. The van der Waals surface area contributed by atoms with Crippen molar-refractivity contribution in [3.05, 3.63) is 9.81 Å². The molecule has 14 heavy (non-hydrogen) atoms. The molecular formula is C10H20N2O2. The summed E-state index contributed by atoms with van der Waals surface area (Å²) in [4.78, 5) is 21.5. The minimum atomic E-state index is -0.569. The van der Waals surface area contributed by atoms with E-state index in [4.69, 9.17) is 0 Å². The highest BCUT2D eigenvalue weighted by atomic mass is 16.3. The van der Waals surface area contributed by atoms with Crippen LogP contribution in [0.15, 0.2) is 10.4 Å². The maximum atomic E-state index is 10.7. The van der Waals surface area contributed by atoms with Crippen LogP contribution in [0.5, 0.6) is 0 Å². The Morgan fingerprint density at radius 2 is 0.929 bits per heavy atom. The van der Waals surface area contributed by atoms with Gasteiger partial charge in [-0.05, 0) is 10.8 Å². The van der Waals surface area contributed by atoms with E-state index in [-0.39, 0.29) is 10.8 Å². The van der Waals surface area contributed by atoms with Crippen molar-refractivity contribution >= 4 is 0 Å². The molecular weight excluding hydrogens is 180 g/mol. The predicted octanol–water partition coefficient (Wildman–Crippen LogP) is 3.35. The second-order valence-corrected chi connectivity index (χ2v) is 5.83. The summed E-state index contributed by atoms with van der Waals surface area (Å²) in [5, 5.41) is 6.11. The number of hydrogen-bond donors (Lipinski definition) is 0. The summed E-state index contributed by atoms with van der Waals surface area (Å²) in [6, 6.07) is -1.14. The summed E-state index contributed by atoms with van der Waals surface area (Å²) in [7, 11) is 0. The molecule has 0 aliphatic carbocycles. The van der Waals surface area contributed by atoms with Gasteiger partial charge in [-0.2, -0.15) is 9.81 Å². The standard InChI is InChI=1S/C10H20N2O2/c1-9(2,3)7(11-13)8(12-14)10(4,5)6/h7-8H,1-6H3. The van der Waals surface area contributed by atoms with Gasteiger partial charge < -0.3 is 0 Å². The SMILES string of the molecule is CC(C)(C)C(N=O)C(N=O)C(C)(C)C. The van der Waals surface area contributed by atoms with E-state index in [1.165, 1.54) is 0 Å². The molecule has 0 heterocycles. The largest absolute Gasteiger partial charge is 0.150 e. The molecule has 0 aliphatic heterocycles. The highest BCUT2D eigenvalue weighted by Crippen LogP contribution is 2.35. The Morgan fingerprint density at radius 3 is 1.00 bits per heavy atom. The number of nitrogens with zero attached hydrogens (tertiary/aromatic N) is 2. The second kappa shape index (κ2) is 4.15. The lowest BCUT2D eigenvalue weighted by Crippen LogP contribution is -2.42. The molecule has 0 saturated heterocycles. The fraction of sp³-hybridized carbons (Fsp3) is 1.00. The van der Waals surface area contributed by atoms with E-state index in [9.17, 15) is 9.81 Å². The van der Waals surface area contributed by atoms with E-state index in [1.54, 1.807) is 0 Å². The van der Waals surface area contributed by atoms with Crippen LogP contribution in [0, 0.1) is 20.6 Å². The fourth-order valence-corrected chi connectivity index (χ4v) is 1.38. The third-order valence-corrected chi connectivity index (χ3v) is 2.30. The summed E-state index contributed by atoms with van der Waals surface area (Å²) < 4.78 is 0. The minimum Gasteiger partial charge on any atom is -0.150 e. The zero-order valence-corrected chi connectivity index (χ0v) is 9.87. The first kappa shape index (κ1) is 13.2. The fourth-order valence-electron chi connectivity index (χ4n) is 1.38. The summed E-state index contributed by atoms with van der Waals surface area (Å²) in [5.41, 5.74) is -0.652. The quantitative estimate of drug-likeness (QED) is 0.656. The molecule has 0 spiro atoms. The summed E-state index contributed by atoms with van der Waals surface area (Å²) in [6.45, 7) is 11.4. The lowest BCUT2D eigenvalue weighted by molar-refractivity contribution is 0.192. The van der Waals surface area contributed by atoms with E-state index in [2.05, 4.69) is 10.4 Å². The van der Waals surface area contributed by atoms with Crippen molar-refractivity contribution in [2.24, 2.45) is 21.2 Å². The molecule has 0 radical (unpaired) electrons. The third kappa shape index (κ3) is 3.16. The molecule has 0 aromatic carbocycles. The molecule has 0 fully saturated rings. The molecule has 2 unspecified atom stereocenters. The highest BCUT2D eigenvalue weighted by molar-refractivity contribution is 4.96. The molecule has 82 valence electrons. The van der Waals surface area contributed by atoms with Gasteiger partial charge in [0.2, 0.25) is 0 Å². The summed E-state index contributed by atoms with van der Waals surface area (Å²) in [5.74, 6) is 0. The van der Waals surface area contributed by atoms with Gasteiger partial charge in [0, 0.05) is 0 Å². The van der Waals surface area contributed by atoms with Crippen LogP contribution < -0.4 is 0 Å². The van der Waals surface area contributed by atoms with E-state index < -0.39 is 12.1 Å². The molecule has 0 bridgehead atoms. The molecule has 0 aromatic rings. The lowest BCUT2D eigenvalue weighted by Gasteiger charge is -2.34. The van der Waals surface area contributed by atoms with Gasteiger partial charge in [0.05, 0.1) is 0 Å². The monoisotopic (exact) mass is 200 g/mol. The molecule has 0 N–H and O–H groups in total. The Balaban J connectivity index is 5.00. The summed E-state index contributed by atoms with van der Waals surface area (Å²) >= 11 is 0. The van der Waals surface area contributed by atoms with Crippen molar-refractivity contribution in [2.75, 3.05) is 0 Å². The van der Waals surface area contributed by atoms with Gasteiger partial charge in [0.1, 0.15) is 12.1 Å². The van der Waals surface area contributed by atoms with Crippen LogP contribution in [0.4, 0.5) is 0 Å². The molecule has 2 atom stereocenters. The topological polar surface area (TPSA) is 58.9 Å². The summed E-state index contributed by atoms with van der Waals surface area (Å²) in [6.07, 6.45) is 0. The molecule has 0 amide bonds. The lowest BCUT2D eigenvalue weighted by atomic mass is 9.73.